The van der Waals surface area contributed by atoms with Crippen molar-refractivity contribution in [3.8, 4) is 39.5 Å². The molecule has 3 nitrogen and oxygen atoms in total. The summed E-state index contributed by atoms with van der Waals surface area (Å²) >= 11 is 0. The fourth-order valence-electron chi connectivity index (χ4n) is 7.57. The molecule has 0 spiro atoms. The molecule has 0 aliphatic rings. The molecule has 0 aliphatic carbocycles. The molecule has 0 saturated carbocycles. The minimum absolute atomic E-state index is 0. The van der Waals surface area contributed by atoms with E-state index >= 15 is 0 Å². The van der Waals surface area contributed by atoms with Crippen molar-refractivity contribution in [3.63, 3.8) is 0 Å². The van der Waals surface area contributed by atoms with Gasteiger partial charge in [0.05, 0.1) is 16.9 Å². The molecule has 0 unspecified atom stereocenters. The van der Waals surface area contributed by atoms with E-state index in [-0.39, 0.29) is 30.9 Å². The summed E-state index contributed by atoms with van der Waals surface area (Å²) in [6, 6.07) is 54.1. The fraction of sp³-hybridized carbons (Fsp3) is 0.259. The van der Waals surface area contributed by atoms with Crippen LogP contribution < -0.4 is 0 Å². The number of aromatic nitrogens is 3. The summed E-state index contributed by atoms with van der Waals surface area (Å²) < 4.78 is 2.42. The van der Waals surface area contributed by atoms with E-state index in [1.54, 1.807) is 0 Å². The number of hydrogen-bond donors (Lipinski definition) is 0. The number of hydrogen-bond acceptors (Lipinski definition) is 2. The zero-order chi connectivity index (χ0) is 40.5. The van der Waals surface area contributed by atoms with Crippen LogP contribution in [0.5, 0.6) is 0 Å². The van der Waals surface area contributed by atoms with Crippen LogP contribution >= 0.6 is 0 Å². The van der Waals surface area contributed by atoms with Crippen LogP contribution in [0.4, 0.5) is 0 Å². The summed E-state index contributed by atoms with van der Waals surface area (Å²) in [7, 11) is 0. The summed E-state index contributed by atoms with van der Waals surface area (Å²) in [5.41, 5.74) is 14.3. The standard InChI is InChI=1S/C39H39N2.C15H16N.Ir/c1-25(2)32-22-29(27-15-9-8-10-16-27)23-33(26(3)4)37(32)41-36-20-14-13-19-35(36)40-38(41)30-21-28-17-11-12-18-31(28)34(24-30)39(5,6)7;1-15(2,3)13-9-10-14(16-11-13)12-7-5-4-6-8-12;/h8-20,22-26H,1-7H3;4-7,9-11H,1-3H3;/q2*-1;. The molecule has 0 fully saturated rings. The Kier molecular flexibility index (Phi) is 12.7. The number of fused-ring (bicyclic) bond motifs is 2. The van der Waals surface area contributed by atoms with Crippen molar-refractivity contribution in [2.75, 3.05) is 0 Å². The van der Waals surface area contributed by atoms with Gasteiger partial charge in [0, 0.05) is 32.0 Å². The molecule has 0 atom stereocenters. The Bertz CT molecular complexity index is 2590. The Labute approximate surface area is 360 Å². The minimum atomic E-state index is -0.0240. The maximum absolute atomic E-state index is 5.30. The molecule has 4 heteroatoms. The van der Waals surface area contributed by atoms with Gasteiger partial charge in [-0.2, -0.15) is 0 Å². The fourth-order valence-corrected chi connectivity index (χ4v) is 7.57. The van der Waals surface area contributed by atoms with E-state index in [4.69, 9.17) is 4.98 Å². The largest absolute Gasteiger partial charge is 0.324 e. The maximum Gasteiger partial charge on any atom is 0.0798 e. The molecular weight excluding hydrogens is 883 g/mol. The number of pyridine rings is 1. The van der Waals surface area contributed by atoms with Crippen molar-refractivity contribution in [2.45, 2.75) is 91.9 Å². The molecular formula is C54H55IrN3-2. The first-order valence-electron chi connectivity index (χ1n) is 20.3. The van der Waals surface area contributed by atoms with E-state index in [1.807, 2.05) is 30.5 Å². The molecule has 6 aromatic carbocycles. The van der Waals surface area contributed by atoms with Gasteiger partial charge in [0.15, 0.2) is 0 Å². The molecule has 0 bridgehead atoms. The molecule has 2 heterocycles. The Balaban J connectivity index is 0.000000280. The predicted octanol–water partition coefficient (Wildman–Crippen LogP) is 14.7. The molecule has 1 radical (unpaired) electrons. The summed E-state index contributed by atoms with van der Waals surface area (Å²) in [6.45, 7) is 22.7. The van der Waals surface area contributed by atoms with Crippen LogP contribution in [-0.4, -0.2) is 14.5 Å². The zero-order valence-corrected chi connectivity index (χ0v) is 38.0. The SMILES string of the molecule is CC(C)(C)c1ccc(-c2[c-]cccc2)nc1.CC(C)c1cc(-c2ccccc2)cc(C(C)C)c1-n1c(-c2[c-]c3ccccc3c(C(C)(C)C)c2)nc2ccccc21.[Ir]. The quantitative estimate of drug-likeness (QED) is 0.156. The molecule has 0 N–H and O–H groups in total. The van der Waals surface area contributed by atoms with Crippen molar-refractivity contribution < 1.29 is 20.1 Å². The van der Waals surface area contributed by atoms with E-state index in [2.05, 4.69) is 200 Å². The van der Waals surface area contributed by atoms with Crippen LogP contribution in [0, 0.1) is 12.1 Å². The van der Waals surface area contributed by atoms with E-state index in [1.165, 1.54) is 44.5 Å². The third-order valence-corrected chi connectivity index (χ3v) is 10.7. The van der Waals surface area contributed by atoms with E-state index < -0.39 is 0 Å². The van der Waals surface area contributed by atoms with Gasteiger partial charge < -0.3 is 9.55 Å². The first-order chi connectivity index (χ1) is 27.2. The van der Waals surface area contributed by atoms with Crippen molar-refractivity contribution in [2.24, 2.45) is 0 Å². The Morgan fingerprint density at radius 1 is 0.603 bits per heavy atom. The maximum atomic E-state index is 5.30. The molecule has 8 rings (SSSR count). The molecule has 0 amide bonds. The van der Waals surface area contributed by atoms with Crippen LogP contribution in [-0.2, 0) is 30.9 Å². The van der Waals surface area contributed by atoms with Crippen LogP contribution in [0.25, 0.3) is 61.3 Å². The minimum Gasteiger partial charge on any atom is -0.324 e. The number of rotatable bonds is 6. The van der Waals surface area contributed by atoms with Crippen molar-refractivity contribution in [1.82, 2.24) is 14.5 Å². The van der Waals surface area contributed by atoms with Crippen LogP contribution in [0.15, 0.2) is 140 Å². The second-order valence-corrected chi connectivity index (χ2v) is 17.8. The molecule has 0 saturated heterocycles. The number of imidazole rings is 1. The number of benzene rings is 6. The summed E-state index contributed by atoms with van der Waals surface area (Å²) in [5.74, 6) is 1.59. The van der Waals surface area contributed by atoms with Crippen LogP contribution in [0.3, 0.4) is 0 Å². The Morgan fingerprint density at radius 2 is 1.24 bits per heavy atom. The second kappa shape index (κ2) is 17.4. The Hall–Kier alpha value is -5.15. The monoisotopic (exact) mass is 938 g/mol. The average Bonchev–Trinajstić information content (AvgIpc) is 3.59. The van der Waals surface area contributed by atoms with Gasteiger partial charge in [-0.3, -0.25) is 4.98 Å². The molecule has 8 aromatic rings. The topological polar surface area (TPSA) is 30.7 Å². The molecule has 58 heavy (non-hydrogen) atoms. The average molecular weight is 938 g/mol. The summed E-state index contributed by atoms with van der Waals surface area (Å²) in [5, 5.41) is 2.38. The summed E-state index contributed by atoms with van der Waals surface area (Å²) in [6.07, 6.45) is 1.95. The predicted molar refractivity (Wildman–Crippen MR) is 242 cm³/mol. The second-order valence-electron chi connectivity index (χ2n) is 17.8. The van der Waals surface area contributed by atoms with Crippen LogP contribution in [0.2, 0.25) is 0 Å². The molecule has 0 aliphatic heterocycles. The van der Waals surface area contributed by atoms with Gasteiger partial charge in [-0.15, -0.1) is 65.0 Å². The van der Waals surface area contributed by atoms with E-state index in [0.717, 1.165) is 39.1 Å². The Morgan fingerprint density at radius 3 is 1.84 bits per heavy atom. The van der Waals surface area contributed by atoms with Gasteiger partial charge >= 0.3 is 0 Å². The number of para-hydroxylation sites is 2. The summed E-state index contributed by atoms with van der Waals surface area (Å²) in [4.78, 5) is 9.79. The normalized spacial score (nSPS) is 11.8. The van der Waals surface area contributed by atoms with Crippen molar-refractivity contribution >= 4 is 21.8 Å². The van der Waals surface area contributed by atoms with Gasteiger partial charge in [0.25, 0.3) is 0 Å². The first kappa shape index (κ1) is 42.5. The van der Waals surface area contributed by atoms with Gasteiger partial charge in [0.1, 0.15) is 0 Å². The zero-order valence-electron chi connectivity index (χ0n) is 35.6. The third-order valence-electron chi connectivity index (χ3n) is 10.7. The molecule has 297 valence electrons. The first-order valence-corrected chi connectivity index (χ1v) is 20.3. The van der Waals surface area contributed by atoms with Crippen molar-refractivity contribution in [1.29, 1.82) is 0 Å². The van der Waals surface area contributed by atoms with Gasteiger partial charge in [-0.05, 0) is 80.4 Å². The van der Waals surface area contributed by atoms with Gasteiger partial charge in [-0.25, -0.2) is 0 Å². The van der Waals surface area contributed by atoms with Crippen LogP contribution in [0.1, 0.15) is 103 Å². The smallest absolute Gasteiger partial charge is 0.0798 e. The molecule has 2 aromatic heterocycles. The third kappa shape index (κ3) is 8.95. The van der Waals surface area contributed by atoms with E-state index in [0.29, 0.717) is 11.8 Å². The van der Waals surface area contributed by atoms with Crippen molar-refractivity contribution in [3.05, 3.63) is 174 Å². The number of nitrogens with zero attached hydrogens (tertiary/aromatic N) is 3. The van der Waals surface area contributed by atoms with Gasteiger partial charge in [-0.1, -0.05) is 153 Å². The van der Waals surface area contributed by atoms with Gasteiger partial charge in [0.2, 0.25) is 0 Å². The van der Waals surface area contributed by atoms with E-state index in [9.17, 15) is 0 Å².